The normalized spacial score (nSPS) is 16.8. The lowest BCUT2D eigenvalue weighted by atomic mass is 10.2. The maximum Gasteiger partial charge on any atom is 0.289 e. The monoisotopic (exact) mass is 370 g/mol. The molecule has 8 nitrogen and oxygen atoms in total. The van der Waals surface area contributed by atoms with Crippen LogP contribution in [0.2, 0.25) is 0 Å². The fourth-order valence-electron chi connectivity index (χ4n) is 3.23. The molecule has 0 radical (unpaired) electrons. The Hall–Kier alpha value is -2.74. The molecule has 8 heteroatoms. The molecule has 0 saturated carbocycles. The van der Waals surface area contributed by atoms with E-state index in [1.807, 2.05) is 13.8 Å². The zero-order chi connectivity index (χ0) is 19.6. The summed E-state index contributed by atoms with van der Waals surface area (Å²) >= 11 is 0. The number of anilines is 1. The molecule has 0 unspecified atom stereocenters. The van der Waals surface area contributed by atoms with E-state index in [0.717, 1.165) is 36.6 Å². The van der Waals surface area contributed by atoms with Crippen LogP contribution in [0.15, 0.2) is 23.1 Å². The van der Waals surface area contributed by atoms with Gasteiger partial charge < -0.3 is 20.1 Å². The predicted octanol–water partition coefficient (Wildman–Crippen LogP) is 0.852. The number of amides is 1. The number of carbonyl (C=O) groups excluding carboxylic acids is 1. The molecule has 3 rings (SSSR count). The van der Waals surface area contributed by atoms with E-state index in [2.05, 4.69) is 44.2 Å². The molecule has 1 aliphatic heterocycles. The minimum Gasteiger partial charge on any atom is -0.355 e. The molecule has 1 saturated heterocycles. The number of aromatic amines is 1. The zero-order valence-corrected chi connectivity index (χ0v) is 16.2. The number of hydrogen-bond donors (Lipinski definition) is 2. The van der Waals surface area contributed by atoms with Crippen molar-refractivity contribution >= 4 is 11.7 Å². The van der Waals surface area contributed by atoms with Gasteiger partial charge in [0.25, 0.3) is 11.5 Å². The Labute approximate surface area is 158 Å². The molecular weight excluding hydrogens is 344 g/mol. The van der Waals surface area contributed by atoms with Crippen molar-refractivity contribution in [2.75, 3.05) is 32.1 Å². The molecule has 1 atom stereocenters. The van der Waals surface area contributed by atoms with Gasteiger partial charge in [0.05, 0.1) is 0 Å². The largest absolute Gasteiger partial charge is 0.355 e. The van der Waals surface area contributed by atoms with Crippen LogP contribution < -0.4 is 15.8 Å². The zero-order valence-electron chi connectivity index (χ0n) is 16.2. The van der Waals surface area contributed by atoms with Gasteiger partial charge in [0, 0.05) is 48.7 Å². The van der Waals surface area contributed by atoms with Gasteiger partial charge in [-0.1, -0.05) is 6.07 Å². The lowest BCUT2D eigenvalue weighted by Gasteiger charge is -2.23. The molecule has 1 aliphatic rings. The van der Waals surface area contributed by atoms with Gasteiger partial charge in [-0.05, 0) is 40.4 Å². The highest BCUT2D eigenvalue weighted by atomic mass is 16.2. The van der Waals surface area contributed by atoms with E-state index in [1.165, 1.54) is 0 Å². The van der Waals surface area contributed by atoms with Crippen LogP contribution in [0.3, 0.4) is 0 Å². The van der Waals surface area contributed by atoms with Crippen molar-refractivity contribution in [1.82, 2.24) is 25.2 Å². The number of H-pyrrole nitrogens is 1. The van der Waals surface area contributed by atoms with Gasteiger partial charge in [0.15, 0.2) is 0 Å². The van der Waals surface area contributed by atoms with Crippen molar-refractivity contribution in [3.05, 3.63) is 51.3 Å². The molecule has 0 spiro atoms. The second-order valence-electron chi connectivity index (χ2n) is 7.14. The van der Waals surface area contributed by atoms with Crippen LogP contribution in [0.4, 0.5) is 5.82 Å². The van der Waals surface area contributed by atoms with E-state index in [-0.39, 0.29) is 23.8 Å². The molecule has 0 aromatic carbocycles. The molecule has 0 aliphatic carbocycles. The summed E-state index contributed by atoms with van der Waals surface area (Å²) in [5, 5.41) is 2.74. The number of pyridine rings is 1. The topological polar surface area (TPSA) is 94.2 Å². The second kappa shape index (κ2) is 7.87. The Morgan fingerprint density at radius 2 is 2.15 bits per heavy atom. The van der Waals surface area contributed by atoms with Crippen LogP contribution in [0, 0.1) is 13.8 Å². The molecule has 2 N–H and O–H groups in total. The maximum absolute atomic E-state index is 12.6. The third-order valence-corrected chi connectivity index (χ3v) is 5.10. The molecule has 1 fully saturated rings. The van der Waals surface area contributed by atoms with Crippen molar-refractivity contribution in [1.29, 1.82) is 0 Å². The fourth-order valence-corrected chi connectivity index (χ4v) is 3.23. The first-order valence-corrected chi connectivity index (χ1v) is 9.08. The number of rotatable bonds is 5. The molecule has 3 heterocycles. The van der Waals surface area contributed by atoms with Crippen LogP contribution in [0.25, 0.3) is 0 Å². The minimum absolute atomic E-state index is 0.132. The fraction of sp³-hybridized carbons (Fsp3) is 0.474. The first-order chi connectivity index (χ1) is 12.9. The quantitative estimate of drug-likeness (QED) is 0.810. The summed E-state index contributed by atoms with van der Waals surface area (Å²) in [7, 11) is 4.16. The molecule has 144 valence electrons. The smallest absolute Gasteiger partial charge is 0.289 e. The molecular formula is C19H26N6O2. The van der Waals surface area contributed by atoms with Crippen molar-refractivity contribution in [2.24, 2.45) is 0 Å². The Kier molecular flexibility index (Phi) is 5.55. The Morgan fingerprint density at radius 1 is 1.37 bits per heavy atom. The lowest BCUT2D eigenvalue weighted by molar-refractivity contribution is 0.0940. The number of likely N-dealkylation sites (N-methyl/N-ethyl adjacent to an activating group) is 1. The third-order valence-electron chi connectivity index (χ3n) is 5.10. The van der Waals surface area contributed by atoms with Gasteiger partial charge in [-0.15, -0.1) is 0 Å². The number of carbonyl (C=O) groups is 1. The van der Waals surface area contributed by atoms with Crippen LogP contribution in [0.5, 0.6) is 0 Å². The van der Waals surface area contributed by atoms with Gasteiger partial charge in [-0.25, -0.2) is 9.97 Å². The van der Waals surface area contributed by atoms with Gasteiger partial charge in [-0.3, -0.25) is 9.59 Å². The first-order valence-electron chi connectivity index (χ1n) is 9.08. The molecule has 27 heavy (non-hydrogen) atoms. The van der Waals surface area contributed by atoms with Crippen LogP contribution in [-0.4, -0.2) is 59.0 Å². The van der Waals surface area contributed by atoms with E-state index >= 15 is 0 Å². The maximum atomic E-state index is 12.6. The Bertz CT molecular complexity index is 892. The summed E-state index contributed by atoms with van der Waals surface area (Å²) in [5.74, 6) is 0.564. The standard InChI is InChI=1S/C19H26N6O2/c1-12-13(2)22-16(19(27)21-10-14-6-5-8-20-18(14)26)23-17(12)25-9-7-15(11-25)24(3)4/h5-6,8,15H,7,9-11H2,1-4H3,(H,20,26)(H,21,27)/t15-/m1/s1. The average Bonchev–Trinajstić information content (AvgIpc) is 3.13. The van der Waals surface area contributed by atoms with Crippen molar-refractivity contribution in [3.63, 3.8) is 0 Å². The summed E-state index contributed by atoms with van der Waals surface area (Å²) < 4.78 is 0. The summed E-state index contributed by atoms with van der Waals surface area (Å²) in [5.41, 5.74) is 2.05. The third kappa shape index (κ3) is 4.16. The summed E-state index contributed by atoms with van der Waals surface area (Å²) in [6.07, 6.45) is 2.62. The van der Waals surface area contributed by atoms with Crippen LogP contribution in [-0.2, 0) is 6.54 Å². The lowest BCUT2D eigenvalue weighted by Crippen LogP contribution is -2.33. The SMILES string of the molecule is Cc1nc(C(=O)NCc2ccc[nH]c2=O)nc(N2CC[C@@H](N(C)C)C2)c1C. The van der Waals surface area contributed by atoms with E-state index in [1.54, 1.807) is 18.3 Å². The average molecular weight is 370 g/mol. The first kappa shape index (κ1) is 19.0. The molecule has 0 bridgehead atoms. The van der Waals surface area contributed by atoms with Crippen LogP contribution in [0.1, 0.15) is 33.9 Å². The number of nitrogens with zero attached hydrogens (tertiary/aromatic N) is 4. The molecule has 2 aromatic heterocycles. The molecule has 1 amide bonds. The van der Waals surface area contributed by atoms with Crippen LogP contribution >= 0.6 is 0 Å². The van der Waals surface area contributed by atoms with E-state index in [9.17, 15) is 9.59 Å². The minimum atomic E-state index is -0.383. The van der Waals surface area contributed by atoms with E-state index < -0.39 is 0 Å². The number of nitrogens with one attached hydrogen (secondary N) is 2. The number of aromatic nitrogens is 3. The highest BCUT2D eigenvalue weighted by molar-refractivity contribution is 5.91. The second-order valence-corrected chi connectivity index (χ2v) is 7.14. The predicted molar refractivity (Wildman–Crippen MR) is 104 cm³/mol. The number of hydrogen-bond acceptors (Lipinski definition) is 6. The number of aryl methyl sites for hydroxylation is 1. The van der Waals surface area contributed by atoms with Crippen molar-refractivity contribution < 1.29 is 4.79 Å². The Balaban J connectivity index is 1.78. The van der Waals surface area contributed by atoms with E-state index in [0.29, 0.717) is 11.6 Å². The Morgan fingerprint density at radius 3 is 2.81 bits per heavy atom. The van der Waals surface area contributed by atoms with Crippen molar-refractivity contribution in [2.45, 2.75) is 32.9 Å². The van der Waals surface area contributed by atoms with Gasteiger partial charge in [0.2, 0.25) is 5.82 Å². The van der Waals surface area contributed by atoms with Gasteiger partial charge >= 0.3 is 0 Å². The highest BCUT2D eigenvalue weighted by Gasteiger charge is 2.27. The highest BCUT2D eigenvalue weighted by Crippen LogP contribution is 2.25. The van der Waals surface area contributed by atoms with Crippen molar-refractivity contribution in [3.8, 4) is 0 Å². The molecule has 2 aromatic rings. The van der Waals surface area contributed by atoms with Gasteiger partial charge in [0.1, 0.15) is 5.82 Å². The summed E-state index contributed by atoms with van der Waals surface area (Å²) in [6, 6.07) is 3.88. The summed E-state index contributed by atoms with van der Waals surface area (Å²) in [4.78, 5) is 40.2. The van der Waals surface area contributed by atoms with Gasteiger partial charge in [-0.2, -0.15) is 0 Å². The van der Waals surface area contributed by atoms with E-state index in [4.69, 9.17) is 0 Å². The summed E-state index contributed by atoms with van der Waals surface area (Å²) in [6.45, 7) is 5.79.